The van der Waals surface area contributed by atoms with E-state index < -0.39 is 8.07 Å². The van der Waals surface area contributed by atoms with Crippen LogP contribution in [0.2, 0.25) is 18.1 Å². The monoisotopic (exact) mass is 169 g/mol. The second-order valence-electron chi connectivity index (χ2n) is 4.38. The van der Waals surface area contributed by atoms with E-state index >= 15 is 0 Å². The molecule has 0 aliphatic carbocycles. The zero-order valence-corrected chi connectivity index (χ0v) is 9.28. The SMILES string of the molecule is CC(C)(C)[Si](C)(C)C#CCN. The lowest BCUT2D eigenvalue weighted by Crippen LogP contribution is -2.35. The van der Waals surface area contributed by atoms with Crippen molar-refractivity contribution in [1.82, 2.24) is 0 Å². The van der Waals surface area contributed by atoms with Gasteiger partial charge in [-0.2, -0.15) is 0 Å². The second kappa shape index (κ2) is 3.42. The predicted molar refractivity (Wildman–Crippen MR) is 54.0 cm³/mol. The standard InChI is InChI=1S/C9H19NSi/c1-9(2,3)11(4,5)8-6-7-10/h7,10H2,1-5H3. The second-order valence-corrected chi connectivity index (χ2v) is 9.38. The third-order valence-electron chi connectivity index (χ3n) is 2.38. The van der Waals surface area contributed by atoms with Crippen LogP contribution in [-0.4, -0.2) is 14.6 Å². The fourth-order valence-corrected chi connectivity index (χ4v) is 1.38. The molecule has 0 fully saturated rings. The molecule has 0 aromatic rings. The molecule has 0 saturated heterocycles. The molecule has 0 heterocycles. The summed E-state index contributed by atoms with van der Waals surface area (Å²) in [5.41, 5.74) is 8.64. The first kappa shape index (κ1) is 10.7. The summed E-state index contributed by atoms with van der Waals surface area (Å²) in [6, 6.07) is 0. The van der Waals surface area contributed by atoms with Crippen LogP contribution in [0.25, 0.3) is 0 Å². The van der Waals surface area contributed by atoms with Gasteiger partial charge in [-0.05, 0) is 5.04 Å². The van der Waals surface area contributed by atoms with Gasteiger partial charge in [-0.25, -0.2) is 0 Å². The van der Waals surface area contributed by atoms with Crippen LogP contribution >= 0.6 is 0 Å². The molecule has 0 aliphatic heterocycles. The van der Waals surface area contributed by atoms with Gasteiger partial charge in [0, 0.05) is 0 Å². The van der Waals surface area contributed by atoms with Crippen molar-refractivity contribution in [2.45, 2.75) is 38.9 Å². The highest BCUT2D eigenvalue weighted by atomic mass is 28.3. The van der Waals surface area contributed by atoms with Crippen molar-refractivity contribution in [3.05, 3.63) is 0 Å². The minimum atomic E-state index is -1.37. The summed E-state index contributed by atoms with van der Waals surface area (Å²) in [5.74, 6) is 2.98. The minimum Gasteiger partial charge on any atom is -0.320 e. The highest BCUT2D eigenvalue weighted by molar-refractivity contribution is 6.87. The molecule has 2 heteroatoms. The summed E-state index contributed by atoms with van der Waals surface area (Å²) in [4.78, 5) is 0. The van der Waals surface area contributed by atoms with Crippen molar-refractivity contribution < 1.29 is 0 Å². The summed E-state index contributed by atoms with van der Waals surface area (Å²) in [6.07, 6.45) is 0. The van der Waals surface area contributed by atoms with Crippen molar-refractivity contribution in [2.75, 3.05) is 6.54 Å². The molecule has 0 radical (unpaired) electrons. The first-order valence-electron chi connectivity index (χ1n) is 4.01. The average molecular weight is 169 g/mol. The lowest BCUT2D eigenvalue weighted by atomic mass is 10.2. The Balaban J connectivity index is 4.47. The van der Waals surface area contributed by atoms with E-state index in [2.05, 4.69) is 45.3 Å². The van der Waals surface area contributed by atoms with Crippen molar-refractivity contribution in [3.63, 3.8) is 0 Å². The molecule has 64 valence electrons. The summed E-state index contributed by atoms with van der Waals surface area (Å²) >= 11 is 0. The molecule has 1 nitrogen and oxygen atoms in total. The molecule has 0 atom stereocenters. The van der Waals surface area contributed by atoms with Crippen LogP contribution in [0.5, 0.6) is 0 Å². The van der Waals surface area contributed by atoms with Gasteiger partial charge >= 0.3 is 0 Å². The maximum atomic E-state index is 5.33. The van der Waals surface area contributed by atoms with E-state index in [1.54, 1.807) is 0 Å². The smallest absolute Gasteiger partial charge is 0.137 e. The Morgan fingerprint density at radius 1 is 1.27 bits per heavy atom. The molecule has 0 rings (SSSR count). The molecule has 0 aliphatic rings. The van der Waals surface area contributed by atoms with E-state index in [0.29, 0.717) is 11.6 Å². The zero-order valence-electron chi connectivity index (χ0n) is 8.28. The molecular weight excluding hydrogens is 150 g/mol. The van der Waals surface area contributed by atoms with Crippen molar-refractivity contribution in [1.29, 1.82) is 0 Å². The van der Waals surface area contributed by atoms with E-state index in [9.17, 15) is 0 Å². The number of rotatable bonds is 0. The Bertz CT molecular complexity index is 178. The first-order chi connectivity index (χ1) is 4.81. The molecule has 0 aromatic heterocycles. The predicted octanol–water partition coefficient (Wildman–Crippen LogP) is 2.00. The van der Waals surface area contributed by atoms with Gasteiger partial charge in [-0.1, -0.05) is 39.8 Å². The highest BCUT2D eigenvalue weighted by Gasteiger charge is 2.33. The molecule has 0 amide bonds. The fourth-order valence-electron chi connectivity index (χ4n) is 0.460. The summed E-state index contributed by atoms with van der Waals surface area (Å²) in [6.45, 7) is 11.8. The molecule has 0 bridgehead atoms. The Labute approximate surface area is 71.4 Å². The maximum absolute atomic E-state index is 5.33. The van der Waals surface area contributed by atoms with Gasteiger partial charge < -0.3 is 5.73 Å². The third kappa shape index (κ3) is 3.09. The number of nitrogens with two attached hydrogens (primary N) is 1. The molecule has 0 unspecified atom stereocenters. The summed E-state index contributed by atoms with van der Waals surface area (Å²) in [5, 5.41) is 0.356. The summed E-state index contributed by atoms with van der Waals surface area (Å²) < 4.78 is 0. The first-order valence-corrected chi connectivity index (χ1v) is 7.01. The average Bonchev–Trinajstić information content (AvgIpc) is 1.81. The van der Waals surface area contributed by atoms with Crippen LogP contribution < -0.4 is 5.73 Å². The zero-order chi connectivity index (χ0) is 9.12. The van der Waals surface area contributed by atoms with Crippen LogP contribution in [0.3, 0.4) is 0 Å². The van der Waals surface area contributed by atoms with Gasteiger partial charge in [0.15, 0.2) is 0 Å². The van der Waals surface area contributed by atoms with Crippen molar-refractivity contribution >= 4 is 8.07 Å². The van der Waals surface area contributed by atoms with Crippen LogP contribution in [0.4, 0.5) is 0 Å². The van der Waals surface area contributed by atoms with E-state index in [0.717, 1.165) is 0 Å². The molecule has 0 saturated carbocycles. The summed E-state index contributed by atoms with van der Waals surface area (Å²) in [7, 11) is -1.37. The molecule has 2 N–H and O–H groups in total. The van der Waals surface area contributed by atoms with Crippen molar-refractivity contribution in [3.8, 4) is 11.5 Å². The highest BCUT2D eigenvalue weighted by Crippen LogP contribution is 2.34. The van der Waals surface area contributed by atoms with Crippen molar-refractivity contribution in [2.24, 2.45) is 5.73 Å². The van der Waals surface area contributed by atoms with Crippen LogP contribution in [-0.2, 0) is 0 Å². The van der Waals surface area contributed by atoms with Crippen LogP contribution in [0, 0.1) is 11.5 Å². The molecule has 11 heavy (non-hydrogen) atoms. The minimum absolute atomic E-state index is 0.356. The van der Waals surface area contributed by atoms with Gasteiger partial charge in [0.1, 0.15) is 8.07 Å². The van der Waals surface area contributed by atoms with Crippen LogP contribution in [0.15, 0.2) is 0 Å². The lowest BCUT2D eigenvalue weighted by molar-refractivity contribution is 0.731. The lowest BCUT2D eigenvalue weighted by Gasteiger charge is -2.31. The van der Waals surface area contributed by atoms with E-state index in [4.69, 9.17) is 5.73 Å². The van der Waals surface area contributed by atoms with Gasteiger partial charge in [0.25, 0.3) is 0 Å². The topological polar surface area (TPSA) is 26.0 Å². The third-order valence-corrected chi connectivity index (χ3v) is 6.93. The Hall–Kier alpha value is -0.263. The number of hydrogen-bond donors (Lipinski definition) is 1. The van der Waals surface area contributed by atoms with Gasteiger partial charge in [0.05, 0.1) is 6.54 Å². The van der Waals surface area contributed by atoms with Gasteiger partial charge in [-0.3, -0.25) is 0 Å². The quantitative estimate of drug-likeness (QED) is 0.435. The maximum Gasteiger partial charge on any atom is 0.137 e. The fraction of sp³-hybridized carbons (Fsp3) is 0.778. The van der Waals surface area contributed by atoms with E-state index in [1.807, 2.05) is 0 Å². The van der Waals surface area contributed by atoms with Gasteiger partial charge in [-0.15, -0.1) is 5.54 Å². The Morgan fingerprint density at radius 3 is 2.00 bits per heavy atom. The van der Waals surface area contributed by atoms with E-state index in [1.165, 1.54) is 0 Å². The molecule has 0 aromatic carbocycles. The Morgan fingerprint density at radius 2 is 1.73 bits per heavy atom. The normalized spacial score (nSPS) is 12.2. The Kier molecular flexibility index (Phi) is 3.34. The number of hydrogen-bond acceptors (Lipinski definition) is 1. The van der Waals surface area contributed by atoms with Gasteiger partial charge in [0.2, 0.25) is 0 Å². The van der Waals surface area contributed by atoms with Crippen LogP contribution in [0.1, 0.15) is 20.8 Å². The largest absolute Gasteiger partial charge is 0.320 e. The molecular formula is C9H19NSi. The molecule has 0 spiro atoms. The van der Waals surface area contributed by atoms with E-state index in [-0.39, 0.29) is 0 Å².